The second kappa shape index (κ2) is 6.80. The quantitative estimate of drug-likeness (QED) is 0.612. The number of hydrogen-bond acceptors (Lipinski definition) is 5. The van der Waals surface area contributed by atoms with Crippen LogP contribution in [0.25, 0.3) is 0 Å². The van der Waals surface area contributed by atoms with Crippen molar-refractivity contribution in [3.63, 3.8) is 0 Å². The van der Waals surface area contributed by atoms with Gasteiger partial charge in [0, 0.05) is 28.2 Å². The lowest BCUT2D eigenvalue weighted by molar-refractivity contribution is -0.385. The van der Waals surface area contributed by atoms with Gasteiger partial charge in [-0.2, -0.15) is 11.8 Å². The molecule has 1 unspecified atom stereocenters. The molecule has 0 aliphatic heterocycles. The molecule has 0 spiro atoms. The van der Waals surface area contributed by atoms with E-state index in [0.29, 0.717) is 22.1 Å². The fraction of sp³-hybridized carbons (Fsp3) is 0.400. The van der Waals surface area contributed by atoms with Crippen LogP contribution < -0.4 is 0 Å². The Morgan fingerprint density at radius 1 is 1.53 bits per heavy atom. The van der Waals surface area contributed by atoms with Gasteiger partial charge >= 0.3 is 0 Å². The Morgan fingerprint density at radius 2 is 2.24 bits per heavy atom. The lowest BCUT2D eigenvalue weighted by atomic mass is 10.2. The highest BCUT2D eigenvalue weighted by Gasteiger charge is 2.14. The first-order valence-corrected chi connectivity index (χ1v) is 6.37. The number of nitrogens with zero attached hydrogens (tertiary/aromatic N) is 1. The molecule has 1 aromatic rings. The summed E-state index contributed by atoms with van der Waals surface area (Å²) >= 11 is 7.08. The summed E-state index contributed by atoms with van der Waals surface area (Å²) in [5.74, 6) is 0.689. The molecule has 0 aliphatic carbocycles. The van der Waals surface area contributed by atoms with Gasteiger partial charge in [0.25, 0.3) is 5.69 Å². The monoisotopic (exact) mass is 277 g/mol. The Hall–Kier alpha value is -0.820. The largest absolute Gasteiger partial charge is 0.394 e. The number of aliphatic hydroxyl groups is 2. The molecule has 0 bridgehead atoms. The van der Waals surface area contributed by atoms with Gasteiger partial charge in [-0.25, -0.2) is 0 Å². The van der Waals surface area contributed by atoms with Gasteiger partial charge in [0.05, 0.1) is 17.6 Å². The number of hydrogen-bond donors (Lipinski definition) is 2. The third-order valence-electron chi connectivity index (χ3n) is 2.02. The van der Waals surface area contributed by atoms with Crippen LogP contribution in [0.2, 0.25) is 5.02 Å². The standard InChI is InChI=1S/C10H12ClNO4S/c11-8-1-2-10(12(15)16)7(3-8)5-17-6-9(14)4-13/h1-3,9,13-14H,4-6H2. The Morgan fingerprint density at radius 3 is 2.82 bits per heavy atom. The molecule has 0 aliphatic rings. The minimum absolute atomic E-state index is 0.0142. The van der Waals surface area contributed by atoms with Gasteiger partial charge in [-0.3, -0.25) is 10.1 Å². The van der Waals surface area contributed by atoms with Gasteiger partial charge in [-0.05, 0) is 12.1 Å². The highest BCUT2D eigenvalue weighted by atomic mass is 35.5. The Balaban J connectivity index is 2.68. The third kappa shape index (κ3) is 4.51. The van der Waals surface area contributed by atoms with Crippen molar-refractivity contribution in [1.29, 1.82) is 0 Å². The van der Waals surface area contributed by atoms with Gasteiger partial charge in [0.15, 0.2) is 0 Å². The molecule has 2 N–H and O–H groups in total. The SMILES string of the molecule is O=[N+]([O-])c1ccc(Cl)cc1CSCC(O)CO. The van der Waals surface area contributed by atoms with Crippen molar-refractivity contribution in [3.05, 3.63) is 38.9 Å². The molecule has 0 saturated heterocycles. The average Bonchev–Trinajstić information content (AvgIpc) is 2.28. The molecule has 94 valence electrons. The molecule has 0 heterocycles. The number of nitro benzene ring substituents is 1. The molecule has 1 atom stereocenters. The van der Waals surface area contributed by atoms with Crippen molar-refractivity contribution in [2.45, 2.75) is 11.9 Å². The molecule has 17 heavy (non-hydrogen) atoms. The van der Waals surface area contributed by atoms with Gasteiger partial charge < -0.3 is 10.2 Å². The van der Waals surface area contributed by atoms with Crippen LogP contribution in [0.3, 0.4) is 0 Å². The summed E-state index contributed by atoms with van der Waals surface area (Å²) in [5, 5.41) is 29.0. The van der Waals surface area contributed by atoms with E-state index in [0.717, 1.165) is 0 Å². The average molecular weight is 278 g/mol. The lowest BCUT2D eigenvalue weighted by Gasteiger charge is -2.07. The van der Waals surface area contributed by atoms with E-state index in [1.807, 2.05) is 0 Å². The zero-order chi connectivity index (χ0) is 12.8. The summed E-state index contributed by atoms with van der Waals surface area (Å²) < 4.78 is 0. The topological polar surface area (TPSA) is 83.6 Å². The Kier molecular flexibility index (Phi) is 5.70. The predicted octanol–water partition coefficient (Wildman–Crippen LogP) is 1.83. The first kappa shape index (κ1) is 14.2. The molecule has 0 saturated carbocycles. The maximum absolute atomic E-state index is 10.8. The second-order valence-corrected chi connectivity index (χ2v) is 4.85. The van der Waals surface area contributed by atoms with E-state index >= 15 is 0 Å². The van der Waals surface area contributed by atoms with E-state index in [4.69, 9.17) is 21.8 Å². The molecule has 5 nitrogen and oxygen atoms in total. The fourth-order valence-corrected chi connectivity index (χ4v) is 2.35. The number of aliphatic hydroxyl groups excluding tert-OH is 2. The lowest BCUT2D eigenvalue weighted by Crippen LogP contribution is -2.14. The van der Waals surface area contributed by atoms with Crippen LogP contribution in [0.15, 0.2) is 18.2 Å². The van der Waals surface area contributed by atoms with Crippen LogP contribution in [0.1, 0.15) is 5.56 Å². The van der Waals surface area contributed by atoms with Gasteiger partial charge in [-0.1, -0.05) is 11.6 Å². The first-order chi connectivity index (χ1) is 8.04. The molecule has 0 amide bonds. The minimum Gasteiger partial charge on any atom is -0.394 e. The molecule has 1 aromatic carbocycles. The van der Waals surface area contributed by atoms with E-state index in [1.54, 1.807) is 0 Å². The first-order valence-electron chi connectivity index (χ1n) is 4.84. The zero-order valence-electron chi connectivity index (χ0n) is 8.88. The van der Waals surface area contributed by atoms with Crippen molar-refractivity contribution in [1.82, 2.24) is 0 Å². The van der Waals surface area contributed by atoms with Crippen LogP contribution in [0.4, 0.5) is 5.69 Å². The van der Waals surface area contributed by atoms with Crippen LogP contribution in [-0.4, -0.2) is 33.6 Å². The summed E-state index contributed by atoms with van der Waals surface area (Å²) in [5.41, 5.74) is 0.526. The third-order valence-corrected chi connectivity index (χ3v) is 3.39. The maximum atomic E-state index is 10.8. The minimum atomic E-state index is -0.807. The summed E-state index contributed by atoms with van der Waals surface area (Å²) in [7, 11) is 0. The van der Waals surface area contributed by atoms with Crippen LogP contribution in [0.5, 0.6) is 0 Å². The van der Waals surface area contributed by atoms with Gasteiger partial charge in [-0.15, -0.1) is 0 Å². The number of benzene rings is 1. The summed E-state index contributed by atoms with van der Waals surface area (Å²) in [6.07, 6.45) is -0.807. The van der Waals surface area contributed by atoms with Crippen LogP contribution >= 0.6 is 23.4 Å². The molecule has 0 radical (unpaired) electrons. The van der Waals surface area contributed by atoms with E-state index in [9.17, 15) is 10.1 Å². The van der Waals surface area contributed by atoms with Crippen LogP contribution in [-0.2, 0) is 5.75 Å². The smallest absolute Gasteiger partial charge is 0.273 e. The molecular formula is C10H12ClNO4S. The maximum Gasteiger partial charge on any atom is 0.273 e. The fourth-order valence-electron chi connectivity index (χ4n) is 1.21. The molecule has 0 aromatic heterocycles. The molecular weight excluding hydrogens is 266 g/mol. The predicted molar refractivity (Wildman–Crippen MR) is 67.4 cm³/mol. The van der Waals surface area contributed by atoms with Crippen molar-refractivity contribution in [3.8, 4) is 0 Å². The highest BCUT2D eigenvalue weighted by Crippen LogP contribution is 2.26. The Bertz CT molecular complexity index is 402. The molecule has 0 fully saturated rings. The number of nitro groups is 1. The number of halogens is 1. The van der Waals surface area contributed by atoms with Crippen molar-refractivity contribution in [2.24, 2.45) is 0 Å². The second-order valence-electron chi connectivity index (χ2n) is 3.38. The van der Waals surface area contributed by atoms with Gasteiger partial charge in [0.1, 0.15) is 0 Å². The molecule has 1 rings (SSSR count). The van der Waals surface area contributed by atoms with Crippen molar-refractivity contribution >= 4 is 29.1 Å². The van der Waals surface area contributed by atoms with Crippen molar-refractivity contribution in [2.75, 3.05) is 12.4 Å². The highest BCUT2D eigenvalue weighted by molar-refractivity contribution is 7.98. The van der Waals surface area contributed by atoms with E-state index in [2.05, 4.69) is 0 Å². The number of thioether (sulfide) groups is 1. The molecule has 7 heteroatoms. The summed E-state index contributed by atoms with van der Waals surface area (Å²) in [4.78, 5) is 10.3. The van der Waals surface area contributed by atoms with Crippen LogP contribution in [0, 0.1) is 10.1 Å². The Labute approximate surface area is 108 Å². The van der Waals surface area contributed by atoms with Crippen molar-refractivity contribution < 1.29 is 15.1 Å². The number of rotatable bonds is 6. The van der Waals surface area contributed by atoms with E-state index < -0.39 is 11.0 Å². The van der Waals surface area contributed by atoms with Gasteiger partial charge in [0.2, 0.25) is 0 Å². The normalized spacial score (nSPS) is 12.4. The van der Waals surface area contributed by atoms with E-state index in [-0.39, 0.29) is 12.3 Å². The summed E-state index contributed by atoms with van der Waals surface area (Å²) in [6, 6.07) is 4.37. The zero-order valence-corrected chi connectivity index (χ0v) is 10.4. The summed E-state index contributed by atoms with van der Waals surface area (Å²) in [6.45, 7) is -0.315. The van der Waals surface area contributed by atoms with E-state index in [1.165, 1.54) is 30.0 Å².